The van der Waals surface area contributed by atoms with Gasteiger partial charge >= 0.3 is 5.97 Å². The lowest BCUT2D eigenvalue weighted by atomic mass is 10.1. The van der Waals surface area contributed by atoms with Crippen molar-refractivity contribution in [3.63, 3.8) is 0 Å². The smallest absolute Gasteiger partial charge is 0.305 e. The number of aliphatic hydroxyl groups is 1. The Kier molecular flexibility index (Phi) is 7.20. The Labute approximate surface area is 77.9 Å². The highest BCUT2D eigenvalue weighted by Gasteiger charge is 2.04. The Hall–Kier alpha value is -0.900. The van der Waals surface area contributed by atoms with Gasteiger partial charge in [0.2, 0.25) is 0 Å². The maximum absolute atomic E-state index is 10.6. The van der Waals surface area contributed by atoms with Crippen LogP contribution in [0.3, 0.4) is 0 Å². The normalized spacial score (nSPS) is 12.2. The minimum Gasteiger partial charge on any atom is -0.469 e. The lowest BCUT2D eigenvalue weighted by Crippen LogP contribution is -2.07. The molecule has 0 saturated heterocycles. The largest absolute Gasteiger partial charge is 0.469 e. The molecule has 0 fully saturated rings. The van der Waals surface area contributed by atoms with E-state index in [9.17, 15) is 9.59 Å². The fourth-order valence-electron chi connectivity index (χ4n) is 0.980. The number of methoxy groups -OCH3 is 1. The fourth-order valence-corrected chi connectivity index (χ4v) is 0.980. The summed E-state index contributed by atoms with van der Waals surface area (Å²) in [5, 5.41) is 9.12. The Balaban J connectivity index is 3.24. The monoisotopic (exact) mass is 188 g/mol. The maximum atomic E-state index is 10.6. The number of aliphatic hydroxyl groups excluding tert-OH is 1. The molecule has 0 unspecified atom stereocenters. The minimum atomic E-state index is -0.560. The molecule has 1 N–H and O–H groups in total. The molecule has 0 aliphatic rings. The van der Waals surface area contributed by atoms with Crippen molar-refractivity contribution in [1.82, 2.24) is 0 Å². The summed E-state index contributed by atoms with van der Waals surface area (Å²) in [5.74, 6) is -0.232. The van der Waals surface area contributed by atoms with Crippen molar-refractivity contribution < 1.29 is 19.4 Å². The third-order valence-electron chi connectivity index (χ3n) is 1.76. The zero-order valence-corrected chi connectivity index (χ0v) is 7.86. The topological polar surface area (TPSA) is 63.6 Å². The van der Waals surface area contributed by atoms with Gasteiger partial charge < -0.3 is 14.6 Å². The summed E-state index contributed by atoms with van der Waals surface area (Å²) in [6.45, 7) is 0. The van der Waals surface area contributed by atoms with Gasteiger partial charge in [-0.05, 0) is 12.8 Å². The Morgan fingerprint density at radius 3 is 2.77 bits per heavy atom. The molecule has 0 bridgehead atoms. The number of carbonyl (C=O) groups is 2. The van der Waals surface area contributed by atoms with Crippen LogP contribution in [0.4, 0.5) is 0 Å². The highest BCUT2D eigenvalue weighted by Crippen LogP contribution is 2.05. The molecule has 0 aromatic rings. The van der Waals surface area contributed by atoms with Crippen LogP contribution in [0.2, 0.25) is 0 Å². The highest BCUT2D eigenvalue weighted by molar-refractivity contribution is 5.68. The summed E-state index contributed by atoms with van der Waals surface area (Å²) in [4.78, 5) is 20.6. The van der Waals surface area contributed by atoms with E-state index in [1.165, 1.54) is 7.11 Å². The summed E-state index contributed by atoms with van der Waals surface area (Å²) in [6.07, 6.45) is 2.70. The van der Waals surface area contributed by atoms with Crippen molar-refractivity contribution in [2.45, 2.75) is 38.2 Å². The van der Waals surface area contributed by atoms with Crippen molar-refractivity contribution in [3.05, 3.63) is 0 Å². The van der Waals surface area contributed by atoms with Crippen molar-refractivity contribution in [1.29, 1.82) is 0 Å². The number of hydrogen-bond donors (Lipinski definition) is 1. The van der Waals surface area contributed by atoms with E-state index in [1.54, 1.807) is 0 Å². The van der Waals surface area contributed by atoms with E-state index in [4.69, 9.17) is 5.11 Å². The quantitative estimate of drug-likeness (QED) is 0.362. The third kappa shape index (κ3) is 7.46. The van der Waals surface area contributed by atoms with Crippen LogP contribution in [-0.4, -0.2) is 30.6 Å². The minimum absolute atomic E-state index is 0.179. The van der Waals surface area contributed by atoms with Crippen molar-refractivity contribution in [2.75, 3.05) is 7.11 Å². The second kappa shape index (κ2) is 7.73. The Morgan fingerprint density at radius 1 is 1.54 bits per heavy atom. The van der Waals surface area contributed by atoms with Gasteiger partial charge in [-0.25, -0.2) is 0 Å². The second-order valence-electron chi connectivity index (χ2n) is 2.88. The van der Waals surface area contributed by atoms with Crippen molar-refractivity contribution in [3.8, 4) is 0 Å². The standard InChI is InChI=1S/C9H16O4/c1-13-9(12)5-3-2-4-8(11)6-7-10/h7-8,11H,2-6H2,1H3/t8-/m1/s1. The first-order valence-corrected chi connectivity index (χ1v) is 4.39. The summed E-state index contributed by atoms with van der Waals surface area (Å²) in [5.41, 5.74) is 0. The maximum Gasteiger partial charge on any atom is 0.305 e. The fraction of sp³-hybridized carbons (Fsp3) is 0.778. The van der Waals surface area contributed by atoms with Crippen LogP contribution in [0, 0.1) is 0 Å². The molecule has 0 aromatic carbocycles. The number of esters is 1. The van der Waals surface area contributed by atoms with Crippen LogP contribution in [0.25, 0.3) is 0 Å². The first kappa shape index (κ1) is 12.1. The first-order valence-electron chi connectivity index (χ1n) is 4.39. The molecule has 0 rings (SSSR count). The molecule has 13 heavy (non-hydrogen) atoms. The van der Waals surface area contributed by atoms with Crippen molar-refractivity contribution >= 4 is 12.3 Å². The van der Waals surface area contributed by atoms with Crippen LogP contribution < -0.4 is 0 Å². The van der Waals surface area contributed by atoms with Gasteiger partial charge in [-0.1, -0.05) is 6.42 Å². The van der Waals surface area contributed by atoms with Crippen molar-refractivity contribution in [2.24, 2.45) is 0 Å². The van der Waals surface area contributed by atoms with Crippen LogP contribution in [-0.2, 0) is 14.3 Å². The van der Waals surface area contributed by atoms with Crippen LogP contribution in [0.1, 0.15) is 32.1 Å². The Bertz CT molecular complexity index is 156. The molecular formula is C9H16O4. The lowest BCUT2D eigenvalue weighted by Gasteiger charge is -2.05. The summed E-state index contributed by atoms with van der Waals surface area (Å²) in [6, 6.07) is 0. The number of rotatable bonds is 7. The van der Waals surface area contributed by atoms with E-state index < -0.39 is 6.10 Å². The van der Waals surface area contributed by atoms with Gasteiger partial charge in [0, 0.05) is 12.8 Å². The number of aldehydes is 1. The van der Waals surface area contributed by atoms with E-state index >= 15 is 0 Å². The molecule has 4 heteroatoms. The van der Waals surface area contributed by atoms with Gasteiger partial charge in [0.25, 0.3) is 0 Å². The summed E-state index contributed by atoms with van der Waals surface area (Å²) in [7, 11) is 1.35. The highest BCUT2D eigenvalue weighted by atomic mass is 16.5. The molecule has 0 amide bonds. The summed E-state index contributed by atoms with van der Waals surface area (Å²) >= 11 is 0. The molecule has 0 radical (unpaired) electrons. The van der Waals surface area contributed by atoms with E-state index in [0.717, 1.165) is 6.42 Å². The van der Waals surface area contributed by atoms with E-state index in [0.29, 0.717) is 25.5 Å². The molecule has 0 spiro atoms. The predicted molar refractivity (Wildman–Crippen MR) is 47.2 cm³/mol. The number of carbonyl (C=O) groups excluding carboxylic acids is 2. The molecule has 76 valence electrons. The predicted octanol–water partition coefficient (Wildman–Crippen LogP) is 0.670. The molecule has 0 aliphatic carbocycles. The van der Waals surface area contributed by atoms with Gasteiger partial charge in [0.1, 0.15) is 6.29 Å². The van der Waals surface area contributed by atoms with Gasteiger partial charge in [-0.15, -0.1) is 0 Å². The van der Waals surface area contributed by atoms with E-state index in [1.807, 2.05) is 0 Å². The molecule has 1 atom stereocenters. The van der Waals surface area contributed by atoms with E-state index in [-0.39, 0.29) is 12.4 Å². The first-order chi connectivity index (χ1) is 6.20. The zero-order chi connectivity index (χ0) is 10.1. The lowest BCUT2D eigenvalue weighted by molar-refractivity contribution is -0.140. The molecule has 0 aromatic heterocycles. The second-order valence-corrected chi connectivity index (χ2v) is 2.88. The molecule has 0 aliphatic heterocycles. The molecule has 0 heterocycles. The molecular weight excluding hydrogens is 172 g/mol. The van der Waals surface area contributed by atoms with Crippen LogP contribution >= 0.6 is 0 Å². The molecule has 4 nitrogen and oxygen atoms in total. The Morgan fingerprint density at radius 2 is 2.23 bits per heavy atom. The zero-order valence-electron chi connectivity index (χ0n) is 7.86. The number of hydrogen-bond acceptors (Lipinski definition) is 4. The number of ether oxygens (including phenoxy) is 1. The summed E-state index contributed by atoms with van der Waals surface area (Å²) < 4.78 is 4.45. The van der Waals surface area contributed by atoms with Gasteiger partial charge in [0.15, 0.2) is 0 Å². The SMILES string of the molecule is COC(=O)CCCC[C@@H](O)CC=O. The number of unbranched alkanes of at least 4 members (excludes halogenated alkanes) is 1. The van der Waals surface area contributed by atoms with Crippen LogP contribution in [0.5, 0.6) is 0 Å². The average molecular weight is 188 g/mol. The average Bonchev–Trinajstić information content (AvgIpc) is 2.12. The van der Waals surface area contributed by atoms with Gasteiger partial charge in [-0.3, -0.25) is 4.79 Å². The van der Waals surface area contributed by atoms with E-state index in [2.05, 4.69) is 4.74 Å². The van der Waals surface area contributed by atoms with Gasteiger partial charge in [-0.2, -0.15) is 0 Å². The molecule has 0 saturated carbocycles. The third-order valence-corrected chi connectivity index (χ3v) is 1.76. The van der Waals surface area contributed by atoms with Gasteiger partial charge in [0.05, 0.1) is 13.2 Å². The van der Waals surface area contributed by atoms with Crippen LogP contribution in [0.15, 0.2) is 0 Å².